The Morgan fingerprint density at radius 3 is 2.08 bits per heavy atom. The van der Waals surface area contributed by atoms with Gasteiger partial charge in [-0.3, -0.25) is 4.79 Å². The zero-order valence-electron chi connectivity index (χ0n) is 11.5. The van der Waals surface area contributed by atoms with Gasteiger partial charge in [0.05, 0.1) is 6.04 Å². The Balaban J connectivity index is 3.04. The van der Waals surface area contributed by atoms with Gasteiger partial charge in [0.2, 0.25) is 0 Å². The highest BCUT2D eigenvalue weighted by molar-refractivity contribution is 7.90. The van der Waals surface area contributed by atoms with E-state index in [-0.39, 0.29) is 19.3 Å². The van der Waals surface area contributed by atoms with Gasteiger partial charge in [0.15, 0.2) is 5.78 Å². The third kappa shape index (κ3) is 4.14. The highest BCUT2D eigenvalue weighted by Crippen LogP contribution is 2.44. The van der Waals surface area contributed by atoms with Gasteiger partial charge in [-0.25, -0.2) is 21.9 Å². The smallest absolute Gasteiger partial charge is 0.298 e. The van der Waals surface area contributed by atoms with Crippen molar-refractivity contribution in [2.45, 2.75) is 55.6 Å². The number of nitrogens with one attached hydrogen (secondary N) is 1. The summed E-state index contributed by atoms with van der Waals surface area (Å²) in [5.41, 5.74) is 0. The predicted octanol–water partition coefficient (Wildman–Crippen LogP) is 2.48. The van der Waals surface area contributed by atoms with Crippen LogP contribution in [0.4, 0.5) is 35.1 Å². The fraction of sp³-hybridized carbons (Fsp3) is 0.900. The predicted molar refractivity (Wildman–Crippen MR) is 61.2 cm³/mol. The number of halogens is 8. The van der Waals surface area contributed by atoms with Gasteiger partial charge in [0.25, 0.3) is 10.0 Å². The minimum atomic E-state index is -6.49. The van der Waals surface area contributed by atoms with Gasteiger partial charge in [-0.1, -0.05) is 6.42 Å². The van der Waals surface area contributed by atoms with Crippen molar-refractivity contribution < 1.29 is 53.1 Å². The van der Waals surface area contributed by atoms with E-state index in [1.54, 1.807) is 0 Å². The molecule has 1 rings (SSSR count). The van der Waals surface area contributed by atoms with Crippen molar-refractivity contribution in [3.05, 3.63) is 0 Å². The lowest BCUT2D eigenvalue weighted by molar-refractivity contribution is -0.435. The Bertz CT molecular complexity index is 579. The Kier molecular flexibility index (Phi) is 5.88. The third-order valence-corrected chi connectivity index (χ3v) is 4.55. The van der Waals surface area contributed by atoms with Crippen molar-refractivity contribution >= 4 is 15.8 Å². The first-order chi connectivity index (χ1) is 10.6. The maximum atomic E-state index is 13.4. The van der Waals surface area contributed by atoms with E-state index in [2.05, 4.69) is 4.74 Å². The van der Waals surface area contributed by atoms with Crippen molar-refractivity contribution in [2.24, 2.45) is 0 Å². The van der Waals surface area contributed by atoms with Crippen LogP contribution in [0, 0.1) is 0 Å². The molecule has 0 amide bonds. The molecule has 1 atom stereocenters. The summed E-state index contributed by atoms with van der Waals surface area (Å²) in [6, 6.07) is -1.75. The first-order valence-corrected chi connectivity index (χ1v) is 7.79. The molecule has 0 aliphatic heterocycles. The molecule has 24 heavy (non-hydrogen) atoms. The van der Waals surface area contributed by atoms with Crippen molar-refractivity contribution in [1.29, 1.82) is 0 Å². The second kappa shape index (κ2) is 6.71. The molecule has 1 aliphatic rings. The first kappa shape index (κ1) is 21.0. The molecule has 5 nitrogen and oxygen atoms in total. The summed E-state index contributed by atoms with van der Waals surface area (Å²) < 4.78 is 127. The lowest BCUT2D eigenvalue weighted by Crippen LogP contribution is -2.58. The second-order valence-corrected chi connectivity index (χ2v) is 6.64. The van der Waals surface area contributed by atoms with Crippen molar-refractivity contribution in [3.8, 4) is 0 Å². The zero-order valence-corrected chi connectivity index (χ0v) is 12.4. The number of ketones is 1. The van der Waals surface area contributed by atoms with Crippen LogP contribution in [-0.2, 0) is 19.6 Å². The van der Waals surface area contributed by atoms with E-state index in [0.717, 1.165) is 4.72 Å². The van der Waals surface area contributed by atoms with Crippen LogP contribution < -0.4 is 4.72 Å². The molecule has 14 heteroatoms. The molecular formula is C10H11F8NO4S. The number of carbonyl (C=O) groups is 1. The molecule has 0 aromatic rings. The van der Waals surface area contributed by atoms with Gasteiger partial charge < -0.3 is 0 Å². The molecule has 0 radical (unpaired) electrons. The van der Waals surface area contributed by atoms with Gasteiger partial charge in [0, 0.05) is 6.42 Å². The maximum absolute atomic E-state index is 13.4. The highest BCUT2D eigenvalue weighted by Gasteiger charge is 2.71. The molecule has 142 valence electrons. The molecular weight excluding hydrogens is 382 g/mol. The summed E-state index contributed by atoms with van der Waals surface area (Å²) in [5.74, 6) is -0.859. The minimum absolute atomic E-state index is 0.199. The Labute approximate surface area is 130 Å². The molecule has 1 aliphatic carbocycles. The number of hydrogen-bond donors (Lipinski definition) is 1. The summed E-state index contributed by atoms with van der Waals surface area (Å²) in [7, 11) is -6.41. The number of carbonyl (C=O) groups excluding carboxylic acids is 1. The quantitative estimate of drug-likeness (QED) is 0.675. The fourth-order valence-electron chi connectivity index (χ4n) is 1.80. The fourth-order valence-corrected chi connectivity index (χ4v) is 2.93. The van der Waals surface area contributed by atoms with Crippen LogP contribution in [0.5, 0.6) is 0 Å². The molecule has 0 heterocycles. The number of alkyl halides is 8. The normalized spacial score (nSPS) is 21.4. The van der Waals surface area contributed by atoms with E-state index in [0.29, 0.717) is 6.42 Å². The molecule has 0 aromatic heterocycles. The number of ether oxygens (including phenoxy) is 1. The molecule has 1 saturated carbocycles. The van der Waals surface area contributed by atoms with Crippen LogP contribution in [0.3, 0.4) is 0 Å². The van der Waals surface area contributed by atoms with E-state index >= 15 is 0 Å². The largest absolute Gasteiger partial charge is 0.448 e. The van der Waals surface area contributed by atoms with Crippen LogP contribution in [0.2, 0.25) is 0 Å². The monoisotopic (exact) mass is 393 g/mol. The summed E-state index contributed by atoms with van der Waals surface area (Å²) >= 11 is 0. The van der Waals surface area contributed by atoms with Gasteiger partial charge in [-0.15, -0.1) is 0 Å². The molecule has 0 bridgehead atoms. The molecule has 0 saturated heterocycles. The summed E-state index contributed by atoms with van der Waals surface area (Å²) in [4.78, 5) is 11.4. The number of Topliss-reactive ketones (excluding diaryl/α,β-unsaturated/α-hetero) is 1. The molecule has 1 N–H and O–H groups in total. The molecule has 1 fully saturated rings. The SMILES string of the molecule is O=C1CCCCC1NS(=O)(=O)C(F)(F)C(F)(F)OC(F)(F)C(F)F. The number of rotatable bonds is 7. The highest BCUT2D eigenvalue weighted by atomic mass is 32.2. The van der Waals surface area contributed by atoms with E-state index in [1.165, 1.54) is 0 Å². The van der Waals surface area contributed by atoms with Crippen molar-refractivity contribution in [1.82, 2.24) is 4.72 Å². The van der Waals surface area contributed by atoms with E-state index in [9.17, 15) is 48.3 Å². The standard InChI is InChI=1S/C10H11F8NO4S/c11-7(12)8(13,14)23-9(15,16)10(17,18)24(21,22)19-5-3-1-2-4-6(5)20/h5,7,19H,1-4H2. The van der Waals surface area contributed by atoms with Crippen LogP contribution in [0.15, 0.2) is 0 Å². The third-order valence-electron chi connectivity index (χ3n) is 3.05. The zero-order chi connectivity index (χ0) is 19.0. The average molecular weight is 393 g/mol. The topological polar surface area (TPSA) is 72.5 Å². The summed E-state index contributed by atoms with van der Waals surface area (Å²) in [6.07, 6.45) is -17.3. The molecule has 0 spiro atoms. The number of hydrogen-bond acceptors (Lipinski definition) is 4. The van der Waals surface area contributed by atoms with Gasteiger partial charge >= 0.3 is 23.9 Å². The number of sulfonamides is 1. The Hall–Kier alpha value is -1.02. The van der Waals surface area contributed by atoms with Gasteiger partial charge in [-0.2, -0.15) is 31.1 Å². The average Bonchev–Trinajstić information content (AvgIpc) is 2.39. The molecule has 0 aromatic carbocycles. The van der Waals surface area contributed by atoms with Crippen molar-refractivity contribution in [3.63, 3.8) is 0 Å². The van der Waals surface area contributed by atoms with E-state index in [1.807, 2.05) is 0 Å². The van der Waals surface area contributed by atoms with E-state index in [4.69, 9.17) is 0 Å². The van der Waals surface area contributed by atoms with Crippen molar-refractivity contribution in [2.75, 3.05) is 0 Å². The lowest BCUT2D eigenvalue weighted by Gasteiger charge is -2.30. The van der Waals surface area contributed by atoms with E-state index < -0.39 is 45.7 Å². The summed E-state index contributed by atoms with van der Waals surface area (Å²) in [5, 5.41) is -6.34. The second-order valence-electron chi connectivity index (χ2n) is 4.88. The maximum Gasteiger partial charge on any atom is 0.448 e. The molecule has 1 unspecified atom stereocenters. The van der Waals surface area contributed by atoms with Crippen LogP contribution in [0.1, 0.15) is 25.7 Å². The minimum Gasteiger partial charge on any atom is -0.298 e. The van der Waals surface area contributed by atoms with Crippen LogP contribution in [-0.4, -0.2) is 44.1 Å². The Morgan fingerprint density at radius 1 is 1.08 bits per heavy atom. The van der Waals surface area contributed by atoms with Crippen LogP contribution >= 0.6 is 0 Å². The Morgan fingerprint density at radius 2 is 1.62 bits per heavy atom. The van der Waals surface area contributed by atoms with Crippen LogP contribution in [0.25, 0.3) is 0 Å². The first-order valence-electron chi connectivity index (χ1n) is 6.30. The van der Waals surface area contributed by atoms with Gasteiger partial charge in [0.1, 0.15) is 0 Å². The summed E-state index contributed by atoms with van der Waals surface area (Å²) in [6.45, 7) is 0. The van der Waals surface area contributed by atoms with Gasteiger partial charge in [-0.05, 0) is 12.8 Å². The lowest BCUT2D eigenvalue weighted by atomic mass is 9.95.